The highest BCUT2D eigenvalue weighted by molar-refractivity contribution is 5.27. The lowest BCUT2D eigenvalue weighted by molar-refractivity contribution is 0.894. The molecule has 78 valence electrons. The van der Waals surface area contributed by atoms with Crippen molar-refractivity contribution in [2.75, 3.05) is 0 Å². The third kappa shape index (κ3) is 6.35. The van der Waals surface area contributed by atoms with Crippen LogP contribution in [-0.2, 0) is 0 Å². The van der Waals surface area contributed by atoms with E-state index in [4.69, 9.17) is 6.42 Å². The van der Waals surface area contributed by atoms with E-state index >= 15 is 0 Å². The number of allylic oxidation sites excluding steroid dienone is 7. The van der Waals surface area contributed by atoms with Crippen LogP contribution in [-0.4, -0.2) is 0 Å². The largest absolute Gasteiger partial charge is 0.120 e. The molecule has 0 saturated heterocycles. The summed E-state index contributed by atoms with van der Waals surface area (Å²) in [5, 5.41) is 0. The highest BCUT2D eigenvalue weighted by Gasteiger charge is 1.98. The van der Waals surface area contributed by atoms with Gasteiger partial charge in [0.05, 0.1) is 0 Å². The van der Waals surface area contributed by atoms with Crippen LogP contribution in [0.5, 0.6) is 0 Å². The summed E-state index contributed by atoms with van der Waals surface area (Å²) in [6.07, 6.45) is 15.3. The number of rotatable bonds is 6. The van der Waals surface area contributed by atoms with Crippen molar-refractivity contribution in [3.05, 3.63) is 61.3 Å². The Balaban J connectivity index is 4.24. The standard InChI is InChI=1S/C15H18/c1-6-8-10-14(4)15(5)12-11-13(3)9-7-2/h2,6,8,10-12,15H,1,3-4,9H2,5H3/b10-8-,12-11-. The second kappa shape index (κ2) is 7.64. The molecular formula is C15H18. The summed E-state index contributed by atoms with van der Waals surface area (Å²) in [6, 6.07) is 0. The van der Waals surface area contributed by atoms with Gasteiger partial charge in [0.15, 0.2) is 0 Å². The maximum atomic E-state index is 5.18. The molecule has 0 N–H and O–H groups in total. The van der Waals surface area contributed by atoms with Gasteiger partial charge < -0.3 is 0 Å². The topological polar surface area (TPSA) is 0 Å². The monoisotopic (exact) mass is 198 g/mol. The molecular weight excluding hydrogens is 180 g/mol. The quantitative estimate of drug-likeness (QED) is 0.446. The smallest absolute Gasteiger partial charge is 0.0331 e. The van der Waals surface area contributed by atoms with Crippen molar-refractivity contribution in [1.29, 1.82) is 0 Å². The molecule has 0 radical (unpaired) electrons. The van der Waals surface area contributed by atoms with Crippen molar-refractivity contribution < 1.29 is 0 Å². The Kier molecular flexibility index (Phi) is 6.76. The fraction of sp³-hybridized carbons (Fsp3) is 0.200. The predicted octanol–water partition coefficient (Wildman–Crippen LogP) is 4.06. The molecule has 15 heavy (non-hydrogen) atoms. The summed E-state index contributed by atoms with van der Waals surface area (Å²) in [4.78, 5) is 0. The molecule has 0 saturated carbocycles. The maximum absolute atomic E-state index is 5.18. The molecule has 0 aliphatic carbocycles. The van der Waals surface area contributed by atoms with Gasteiger partial charge in [0.25, 0.3) is 0 Å². The second-order valence-electron chi connectivity index (χ2n) is 3.36. The van der Waals surface area contributed by atoms with E-state index in [2.05, 4.69) is 38.7 Å². The molecule has 0 aromatic rings. The average molecular weight is 198 g/mol. The minimum Gasteiger partial charge on any atom is -0.120 e. The fourth-order valence-corrected chi connectivity index (χ4v) is 0.937. The van der Waals surface area contributed by atoms with Gasteiger partial charge in [-0.1, -0.05) is 57.0 Å². The van der Waals surface area contributed by atoms with Crippen LogP contribution in [0.3, 0.4) is 0 Å². The zero-order valence-corrected chi connectivity index (χ0v) is 9.37. The Labute approximate surface area is 93.4 Å². The van der Waals surface area contributed by atoms with Gasteiger partial charge in [0.1, 0.15) is 0 Å². The third-order valence-corrected chi connectivity index (χ3v) is 1.98. The van der Waals surface area contributed by atoms with Crippen molar-refractivity contribution in [3.8, 4) is 12.3 Å². The molecule has 0 spiro atoms. The molecule has 0 bridgehead atoms. The van der Waals surface area contributed by atoms with Crippen molar-refractivity contribution in [2.45, 2.75) is 13.3 Å². The molecule has 0 aliphatic heterocycles. The van der Waals surface area contributed by atoms with E-state index in [1.54, 1.807) is 6.08 Å². The number of hydrogen-bond acceptors (Lipinski definition) is 0. The first-order chi connectivity index (χ1) is 7.11. The first-order valence-corrected chi connectivity index (χ1v) is 4.89. The first-order valence-electron chi connectivity index (χ1n) is 4.89. The lowest BCUT2D eigenvalue weighted by atomic mass is 10.0. The SMILES string of the molecule is C#CCC(=C)/C=C\C(C)C(=C)/C=C\C=C. The zero-order chi connectivity index (χ0) is 11.7. The van der Waals surface area contributed by atoms with Gasteiger partial charge in [0.2, 0.25) is 0 Å². The summed E-state index contributed by atoms with van der Waals surface area (Å²) in [5.74, 6) is 2.84. The summed E-state index contributed by atoms with van der Waals surface area (Å²) in [5.41, 5.74) is 1.99. The summed E-state index contributed by atoms with van der Waals surface area (Å²) in [6.45, 7) is 13.5. The minimum atomic E-state index is 0.288. The van der Waals surface area contributed by atoms with Crippen molar-refractivity contribution in [2.24, 2.45) is 5.92 Å². The minimum absolute atomic E-state index is 0.288. The number of hydrogen-bond donors (Lipinski definition) is 0. The maximum Gasteiger partial charge on any atom is 0.0331 e. The van der Waals surface area contributed by atoms with Gasteiger partial charge in [-0.15, -0.1) is 12.3 Å². The van der Waals surface area contributed by atoms with Gasteiger partial charge in [-0.25, -0.2) is 0 Å². The van der Waals surface area contributed by atoms with Crippen LogP contribution in [0.1, 0.15) is 13.3 Å². The Bertz CT molecular complexity index is 332. The molecule has 0 fully saturated rings. The first kappa shape index (κ1) is 13.3. The van der Waals surface area contributed by atoms with E-state index in [0.717, 1.165) is 11.1 Å². The van der Waals surface area contributed by atoms with Crippen molar-refractivity contribution in [3.63, 3.8) is 0 Å². The van der Waals surface area contributed by atoms with E-state index in [1.165, 1.54) is 0 Å². The van der Waals surface area contributed by atoms with E-state index in [9.17, 15) is 0 Å². The zero-order valence-electron chi connectivity index (χ0n) is 9.37. The highest BCUT2D eigenvalue weighted by Crippen LogP contribution is 2.12. The predicted molar refractivity (Wildman–Crippen MR) is 69.4 cm³/mol. The average Bonchev–Trinajstić information content (AvgIpc) is 2.22. The van der Waals surface area contributed by atoms with Gasteiger partial charge in [-0.2, -0.15) is 0 Å². The Hall–Kier alpha value is -1.74. The second-order valence-corrected chi connectivity index (χ2v) is 3.36. The Morgan fingerprint density at radius 3 is 2.60 bits per heavy atom. The van der Waals surface area contributed by atoms with Crippen molar-refractivity contribution >= 4 is 0 Å². The molecule has 0 aliphatic rings. The molecule has 0 aromatic heterocycles. The van der Waals surface area contributed by atoms with E-state index in [0.29, 0.717) is 6.42 Å². The molecule has 0 heterocycles. The van der Waals surface area contributed by atoms with E-state index in [1.807, 2.05) is 18.2 Å². The fourth-order valence-electron chi connectivity index (χ4n) is 0.937. The van der Waals surface area contributed by atoms with Crippen LogP contribution < -0.4 is 0 Å². The highest BCUT2D eigenvalue weighted by atomic mass is 14.0. The van der Waals surface area contributed by atoms with Gasteiger partial charge in [-0.05, 0) is 17.1 Å². The Morgan fingerprint density at radius 2 is 2.07 bits per heavy atom. The molecule has 0 rings (SSSR count). The Morgan fingerprint density at radius 1 is 1.40 bits per heavy atom. The van der Waals surface area contributed by atoms with Gasteiger partial charge >= 0.3 is 0 Å². The van der Waals surface area contributed by atoms with Crippen LogP contribution in [0.2, 0.25) is 0 Å². The normalized spacial score (nSPS) is 12.5. The summed E-state index contributed by atoms with van der Waals surface area (Å²) >= 11 is 0. The van der Waals surface area contributed by atoms with Crippen LogP contribution >= 0.6 is 0 Å². The van der Waals surface area contributed by atoms with Gasteiger partial charge in [0, 0.05) is 6.42 Å². The molecule has 0 amide bonds. The van der Waals surface area contributed by atoms with Crippen LogP contribution in [0.4, 0.5) is 0 Å². The third-order valence-electron chi connectivity index (χ3n) is 1.98. The molecule has 0 nitrogen and oxygen atoms in total. The van der Waals surface area contributed by atoms with Crippen LogP contribution in [0.25, 0.3) is 0 Å². The van der Waals surface area contributed by atoms with E-state index < -0.39 is 0 Å². The van der Waals surface area contributed by atoms with E-state index in [-0.39, 0.29) is 5.92 Å². The molecule has 1 unspecified atom stereocenters. The molecule has 0 heteroatoms. The van der Waals surface area contributed by atoms with Crippen LogP contribution in [0, 0.1) is 18.3 Å². The summed E-state index contributed by atoms with van der Waals surface area (Å²) < 4.78 is 0. The van der Waals surface area contributed by atoms with Crippen molar-refractivity contribution in [1.82, 2.24) is 0 Å². The van der Waals surface area contributed by atoms with Crippen LogP contribution in [0.15, 0.2) is 61.3 Å². The van der Waals surface area contributed by atoms with Gasteiger partial charge in [-0.3, -0.25) is 0 Å². The lowest BCUT2D eigenvalue weighted by Gasteiger charge is -2.05. The molecule has 1 atom stereocenters. The molecule has 0 aromatic carbocycles. The number of terminal acetylenes is 1. The lowest BCUT2D eigenvalue weighted by Crippen LogP contribution is -1.90. The summed E-state index contributed by atoms with van der Waals surface area (Å²) in [7, 11) is 0.